The highest BCUT2D eigenvalue weighted by atomic mass is 14.9. The summed E-state index contributed by atoms with van der Waals surface area (Å²) in [6, 6.07) is 45.7. The maximum absolute atomic E-state index is 5.43. The van der Waals surface area contributed by atoms with Crippen LogP contribution in [0.3, 0.4) is 0 Å². The van der Waals surface area contributed by atoms with Gasteiger partial charge in [-0.15, -0.1) is 0 Å². The van der Waals surface area contributed by atoms with E-state index in [2.05, 4.69) is 145 Å². The van der Waals surface area contributed by atoms with Gasteiger partial charge in [0, 0.05) is 39.7 Å². The van der Waals surface area contributed by atoms with Gasteiger partial charge in [0.2, 0.25) is 0 Å². The molecule has 1 aliphatic rings. The van der Waals surface area contributed by atoms with Crippen molar-refractivity contribution in [2.24, 2.45) is 0 Å². The topological polar surface area (TPSA) is 38.7 Å². The summed E-state index contributed by atoms with van der Waals surface area (Å²) in [6.45, 7) is 4.68. The van der Waals surface area contributed by atoms with Crippen LogP contribution in [0, 0.1) is 0 Å². The van der Waals surface area contributed by atoms with E-state index in [4.69, 9.17) is 4.98 Å². The number of rotatable bonds is 3. The van der Waals surface area contributed by atoms with Crippen molar-refractivity contribution in [1.82, 2.24) is 15.0 Å². The van der Waals surface area contributed by atoms with Crippen molar-refractivity contribution in [3.8, 4) is 44.9 Å². The average Bonchev–Trinajstić information content (AvgIpc) is 3.33. The quantitative estimate of drug-likeness (QED) is 0.197. The van der Waals surface area contributed by atoms with Crippen molar-refractivity contribution in [1.29, 1.82) is 0 Å². The second kappa shape index (κ2) is 9.67. The van der Waals surface area contributed by atoms with E-state index >= 15 is 0 Å². The fourth-order valence-corrected chi connectivity index (χ4v) is 7.47. The van der Waals surface area contributed by atoms with Gasteiger partial charge in [-0.1, -0.05) is 129 Å². The van der Waals surface area contributed by atoms with E-state index in [9.17, 15) is 0 Å². The lowest BCUT2D eigenvalue weighted by molar-refractivity contribution is 0.662. The molecule has 0 saturated carbocycles. The summed E-state index contributed by atoms with van der Waals surface area (Å²) in [5.74, 6) is 0.741. The lowest BCUT2D eigenvalue weighted by Crippen LogP contribution is -2.16. The monoisotopic (exact) mass is 575 g/mol. The Bertz CT molecular complexity index is 2440. The van der Waals surface area contributed by atoms with Crippen LogP contribution in [0.2, 0.25) is 0 Å². The Morgan fingerprint density at radius 3 is 1.93 bits per heavy atom. The van der Waals surface area contributed by atoms with Crippen LogP contribution in [0.1, 0.15) is 25.0 Å². The van der Waals surface area contributed by atoms with Gasteiger partial charge >= 0.3 is 0 Å². The molecule has 0 N–H and O–H groups in total. The highest BCUT2D eigenvalue weighted by molar-refractivity contribution is 6.13. The Morgan fingerprint density at radius 2 is 1.13 bits per heavy atom. The molecule has 0 aliphatic heterocycles. The Kier molecular flexibility index (Phi) is 5.54. The van der Waals surface area contributed by atoms with Crippen LogP contribution in [0.5, 0.6) is 0 Å². The van der Waals surface area contributed by atoms with Crippen molar-refractivity contribution >= 4 is 32.4 Å². The summed E-state index contributed by atoms with van der Waals surface area (Å²) < 4.78 is 0. The van der Waals surface area contributed by atoms with Crippen molar-refractivity contribution in [2.45, 2.75) is 19.3 Å². The Hall–Kier alpha value is -5.67. The molecular formula is C42H29N3. The van der Waals surface area contributed by atoms with Gasteiger partial charge in [0.25, 0.3) is 0 Å². The SMILES string of the molecule is CC1(C)c2ccccc2-c2nc3c(ccc4ccccc43)c(-c3ccc(-c4ccc(-c5ncccn5)c5ccccc45)cc3)c21. The molecule has 0 saturated heterocycles. The first kappa shape index (κ1) is 25.8. The molecule has 0 amide bonds. The summed E-state index contributed by atoms with van der Waals surface area (Å²) in [4.78, 5) is 14.5. The van der Waals surface area contributed by atoms with E-state index in [1.807, 2.05) is 6.07 Å². The van der Waals surface area contributed by atoms with Gasteiger partial charge in [-0.05, 0) is 61.7 Å². The molecule has 6 aromatic carbocycles. The second-order valence-corrected chi connectivity index (χ2v) is 12.4. The van der Waals surface area contributed by atoms with Crippen LogP contribution >= 0.6 is 0 Å². The second-order valence-electron chi connectivity index (χ2n) is 12.4. The number of benzene rings is 6. The lowest BCUT2D eigenvalue weighted by Gasteiger charge is -2.25. The molecule has 0 atom stereocenters. The van der Waals surface area contributed by atoms with Gasteiger partial charge in [-0.2, -0.15) is 0 Å². The predicted molar refractivity (Wildman–Crippen MR) is 186 cm³/mol. The normalized spacial score (nSPS) is 13.3. The van der Waals surface area contributed by atoms with Gasteiger partial charge in [-0.3, -0.25) is 0 Å². The molecule has 0 radical (unpaired) electrons. The van der Waals surface area contributed by atoms with Crippen molar-refractivity contribution in [3.63, 3.8) is 0 Å². The van der Waals surface area contributed by atoms with E-state index in [0.717, 1.165) is 28.0 Å². The average molecular weight is 576 g/mol. The minimum Gasteiger partial charge on any atom is -0.247 e. The third-order valence-corrected chi connectivity index (χ3v) is 9.58. The Labute approximate surface area is 261 Å². The van der Waals surface area contributed by atoms with Gasteiger partial charge in [0.15, 0.2) is 5.82 Å². The van der Waals surface area contributed by atoms with Crippen LogP contribution in [0.25, 0.3) is 77.3 Å². The van der Waals surface area contributed by atoms with Crippen molar-refractivity contribution in [3.05, 3.63) is 151 Å². The van der Waals surface area contributed by atoms with Gasteiger partial charge in [0.05, 0.1) is 11.2 Å². The molecule has 0 fully saturated rings. The fourth-order valence-electron chi connectivity index (χ4n) is 7.47. The summed E-state index contributed by atoms with van der Waals surface area (Å²) in [5, 5.41) is 5.93. The number of hydrogen-bond acceptors (Lipinski definition) is 3. The zero-order chi connectivity index (χ0) is 30.1. The molecule has 9 rings (SSSR count). The summed E-state index contributed by atoms with van der Waals surface area (Å²) in [7, 11) is 0. The van der Waals surface area contributed by atoms with Crippen molar-refractivity contribution < 1.29 is 0 Å². The minimum atomic E-state index is -0.182. The molecule has 2 aromatic heterocycles. The van der Waals surface area contributed by atoms with E-state index in [1.165, 1.54) is 60.5 Å². The molecule has 8 aromatic rings. The standard InChI is InChI=1S/C42H29N3/c1-42(2)36-15-8-7-14-34(36)40-38(42)37(35-21-20-26-10-3-4-11-30(26)39(35)45-40)28-18-16-27(17-19-28)29-22-23-33(41-43-24-9-25-44-41)32-13-6-5-12-31(29)32/h3-25H,1-2H3. The molecule has 0 bridgehead atoms. The molecule has 2 heterocycles. The zero-order valence-corrected chi connectivity index (χ0v) is 25.1. The number of fused-ring (bicyclic) bond motifs is 7. The zero-order valence-electron chi connectivity index (χ0n) is 25.1. The van der Waals surface area contributed by atoms with E-state index in [1.54, 1.807) is 12.4 Å². The van der Waals surface area contributed by atoms with Crippen LogP contribution in [-0.2, 0) is 5.41 Å². The summed E-state index contributed by atoms with van der Waals surface area (Å²) in [6.07, 6.45) is 3.60. The lowest BCUT2D eigenvalue weighted by atomic mass is 9.78. The molecule has 3 nitrogen and oxygen atoms in total. The molecule has 0 unspecified atom stereocenters. The predicted octanol–water partition coefficient (Wildman–Crippen LogP) is 10.6. The number of aromatic nitrogens is 3. The third kappa shape index (κ3) is 3.80. The summed E-state index contributed by atoms with van der Waals surface area (Å²) in [5.41, 5.74) is 11.7. The first-order chi connectivity index (χ1) is 22.1. The fraction of sp³-hybridized carbons (Fsp3) is 0.0714. The largest absolute Gasteiger partial charge is 0.247 e. The van der Waals surface area contributed by atoms with E-state index < -0.39 is 0 Å². The summed E-state index contributed by atoms with van der Waals surface area (Å²) >= 11 is 0. The molecule has 1 aliphatic carbocycles. The maximum atomic E-state index is 5.43. The third-order valence-electron chi connectivity index (χ3n) is 9.58. The highest BCUT2D eigenvalue weighted by Gasteiger charge is 2.39. The number of hydrogen-bond donors (Lipinski definition) is 0. The van der Waals surface area contributed by atoms with Crippen molar-refractivity contribution in [2.75, 3.05) is 0 Å². The van der Waals surface area contributed by atoms with Crippen LogP contribution in [0.15, 0.2) is 140 Å². The molecule has 0 spiro atoms. The maximum Gasteiger partial charge on any atom is 0.159 e. The molecule has 212 valence electrons. The van der Waals surface area contributed by atoms with Crippen LogP contribution in [0.4, 0.5) is 0 Å². The van der Waals surface area contributed by atoms with Crippen LogP contribution < -0.4 is 0 Å². The Morgan fingerprint density at radius 1 is 0.489 bits per heavy atom. The first-order valence-corrected chi connectivity index (χ1v) is 15.5. The Balaban J connectivity index is 1.26. The number of pyridine rings is 1. The van der Waals surface area contributed by atoms with Gasteiger partial charge in [-0.25, -0.2) is 15.0 Å². The molecular weight excluding hydrogens is 546 g/mol. The van der Waals surface area contributed by atoms with E-state index in [0.29, 0.717) is 0 Å². The van der Waals surface area contributed by atoms with Gasteiger partial charge in [0.1, 0.15) is 0 Å². The molecule has 45 heavy (non-hydrogen) atoms. The smallest absolute Gasteiger partial charge is 0.159 e. The molecule has 3 heteroatoms. The van der Waals surface area contributed by atoms with Gasteiger partial charge < -0.3 is 0 Å². The van der Waals surface area contributed by atoms with E-state index in [-0.39, 0.29) is 5.41 Å². The highest BCUT2D eigenvalue weighted by Crippen LogP contribution is 2.53. The minimum absolute atomic E-state index is 0.182. The number of nitrogens with zero attached hydrogens (tertiary/aromatic N) is 3. The first-order valence-electron chi connectivity index (χ1n) is 15.5. The van der Waals surface area contributed by atoms with Crippen LogP contribution in [-0.4, -0.2) is 15.0 Å².